The summed E-state index contributed by atoms with van der Waals surface area (Å²) in [5.41, 5.74) is 1.09. The monoisotopic (exact) mass is 446 g/mol. The van der Waals surface area contributed by atoms with Gasteiger partial charge >= 0.3 is 6.01 Å². The van der Waals surface area contributed by atoms with Crippen LogP contribution in [0.2, 0.25) is 0 Å². The van der Waals surface area contributed by atoms with E-state index in [-0.39, 0.29) is 23.0 Å². The van der Waals surface area contributed by atoms with Crippen LogP contribution in [0.1, 0.15) is 19.3 Å². The maximum Gasteiger partial charge on any atom is 0.319 e. The van der Waals surface area contributed by atoms with Gasteiger partial charge in [0.1, 0.15) is 24.4 Å². The highest BCUT2D eigenvalue weighted by Gasteiger charge is 2.34. The Kier molecular flexibility index (Phi) is 6.23. The Hall–Kier alpha value is -2.92. The molecule has 2 unspecified atom stereocenters. The predicted octanol–water partition coefficient (Wildman–Crippen LogP) is 2.97. The van der Waals surface area contributed by atoms with Gasteiger partial charge in [0.2, 0.25) is 0 Å². The Bertz CT molecular complexity index is 1050. The van der Waals surface area contributed by atoms with Gasteiger partial charge in [-0.05, 0) is 39.1 Å². The second-order valence-corrected chi connectivity index (χ2v) is 8.44. The molecule has 31 heavy (non-hydrogen) atoms. The number of rotatable bonds is 6. The molecule has 2 aromatic heterocycles. The summed E-state index contributed by atoms with van der Waals surface area (Å²) in [6, 6.07) is 5.45. The molecule has 0 radical (unpaired) electrons. The van der Waals surface area contributed by atoms with Gasteiger partial charge in [0.05, 0.1) is 12.7 Å². The van der Waals surface area contributed by atoms with Crippen LogP contribution in [0.4, 0.5) is 4.39 Å². The summed E-state index contributed by atoms with van der Waals surface area (Å²) in [7, 11) is 5.44. The van der Waals surface area contributed by atoms with Crippen LogP contribution in [0.15, 0.2) is 24.5 Å². The molecule has 3 aromatic rings. The third kappa shape index (κ3) is 4.72. The fourth-order valence-corrected chi connectivity index (χ4v) is 4.31. The van der Waals surface area contributed by atoms with Gasteiger partial charge < -0.3 is 19.5 Å². The van der Waals surface area contributed by atoms with Crippen LogP contribution in [0.3, 0.4) is 0 Å². The minimum atomic E-state index is -1.03. The zero-order valence-electron chi connectivity index (χ0n) is 17.4. The number of hydrogen-bond acceptors (Lipinski definition) is 10. The number of benzene rings is 1. The largest absolute Gasteiger partial charge is 0.507 e. The van der Waals surface area contributed by atoms with Crippen molar-refractivity contribution in [1.29, 1.82) is 0 Å². The normalized spacial score (nSPS) is 21.3. The number of hydrogen-bond donors (Lipinski definition) is 1. The molecule has 0 bridgehead atoms. The molecule has 1 aliphatic carbocycles. The molecule has 164 valence electrons. The molecular weight excluding hydrogens is 423 g/mol. The zero-order valence-corrected chi connectivity index (χ0v) is 18.2. The van der Waals surface area contributed by atoms with Crippen LogP contribution >= 0.6 is 11.3 Å². The van der Waals surface area contributed by atoms with E-state index in [2.05, 4.69) is 30.0 Å². The molecule has 0 amide bonds. The highest BCUT2D eigenvalue weighted by Crippen LogP contribution is 2.37. The van der Waals surface area contributed by atoms with Crippen molar-refractivity contribution < 1.29 is 19.0 Å². The number of phenolic OH excluding ortho intramolecular Hbond substituents is 1. The molecule has 1 fully saturated rings. The summed E-state index contributed by atoms with van der Waals surface area (Å²) in [6.45, 7) is 0. The van der Waals surface area contributed by atoms with E-state index in [9.17, 15) is 9.50 Å². The van der Waals surface area contributed by atoms with E-state index in [0.717, 1.165) is 6.42 Å². The third-order valence-corrected chi connectivity index (χ3v) is 6.14. The highest BCUT2D eigenvalue weighted by molar-refractivity contribution is 7.16. The Morgan fingerprint density at radius 2 is 2.03 bits per heavy atom. The molecule has 4 rings (SSSR count). The van der Waals surface area contributed by atoms with Crippen LogP contribution in [0, 0.1) is 0 Å². The van der Waals surface area contributed by atoms with E-state index < -0.39 is 12.3 Å². The lowest BCUT2D eigenvalue weighted by Crippen LogP contribution is -2.43. The number of methoxy groups -OCH3 is 1. The van der Waals surface area contributed by atoms with Gasteiger partial charge in [-0.15, -0.1) is 5.10 Å². The van der Waals surface area contributed by atoms with Crippen molar-refractivity contribution in [1.82, 2.24) is 30.0 Å². The molecule has 11 heteroatoms. The molecule has 1 aliphatic rings. The fraction of sp³-hybridized carbons (Fsp3) is 0.450. The lowest BCUT2D eigenvalue weighted by atomic mass is 9.91. The Balaban J connectivity index is 1.51. The van der Waals surface area contributed by atoms with Crippen molar-refractivity contribution in [3.8, 4) is 38.9 Å². The van der Waals surface area contributed by atoms with Crippen LogP contribution in [0.25, 0.3) is 22.0 Å². The van der Waals surface area contributed by atoms with E-state index in [1.807, 2.05) is 14.1 Å². The van der Waals surface area contributed by atoms with Crippen molar-refractivity contribution in [2.45, 2.75) is 37.6 Å². The standard InChI is InChI=1S/C20H23FN6O3S/c1-27(2)12-5-7-14(21)16(9-12)30-20-26-25-18(31-20)13-6-4-11(8-15(13)28)17-22-10-23-19(24-17)29-3/h4,6,8,10,12,14,16,28H,5,7,9H2,1-3H3/t12?,14?,16-/m0/s1. The number of aromatic hydroxyl groups is 1. The first kappa shape index (κ1) is 21.3. The van der Waals surface area contributed by atoms with Crippen molar-refractivity contribution in [3.63, 3.8) is 0 Å². The predicted molar refractivity (Wildman–Crippen MR) is 113 cm³/mol. The summed E-state index contributed by atoms with van der Waals surface area (Å²) in [5.74, 6) is 0.366. The highest BCUT2D eigenvalue weighted by atomic mass is 32.1. The van der Waals surface area contributed by atoms with E-state index in [1.54, 1.807) is 12.1 Å². The smallest absolute Gasteiger partial charge is 0.319 e. The van der Waals surface area contributed by atoms with Crippen molar-refractivity contribution in [3.05, 3.63) is 24.5 Å². The summed E-state index contributed by atoms with van der Waals surface area (Å²) in [4.78, 5) is 14.2. The second-order valence-electron chi connectivity index (χ2n) is 7.50. The van der Waals surface area contributed by atoms with E-state index in [1.165, 1.54) is 30.8 Å². The Morgan fingerprint density at radius 1 is 1.19 bits per heavy atom. The molecular formula is C20H23FN6O3S. The molecule has 1 saturated carbocycles. The Labute approximate surface area is 182 Å². The van der Waals surface area contributed by atoms with Crippen molar-refractivity contribution in [2.24, 2.45) is 0 Å². The van der Waals surface area contributed by atoms with Gasteiger partial charge in [0.15, 0.2) is 10.8 Å². The molecule has 0 spiro atoms. The van der Waals surface area contributed by atoms with Gasteiger partial charge in [0.25, 0.3) is 5.19 Å². The minimum absolute atomic E-state index is 0.00622. The fourth-order valence-electron chi connectivity index (χ4n) is 3.53. The number of halogens is 1. The van der Waals surface area contributed by atoms with Gasteiger partial charge in [0, 0.05) is 18.0 Å². The third-order valence-electron chi connectivity index (χ3n) is 5.29. The molecule has 3 atom stereocenters. The molecule has 1 N–H and O–H groups in total. The number of ether oxygens (including phenoxy) is 2. The lowest BCUT2D eigenvalue weighted by molar-refractivity contribution is 0.0292. The summed E-state index contributed by atoms with van der Waals surface area (Å²) in [5, 5.41) is 19.4. The molecule has 0 saturated heterocycles. The number of alkyl halides is 1. The Morgan fingerprint density at radius 3 is 2.77 bits per heavy atom. The summed E-state index contributed by atoms with van der Waals surface area (Å²) in [6.07, 6.45) is 1.61. The maximum atomic E-state index is 14.4. The average Bonchev–Trinajstić information content (AvgIpc) is 3.23. The van der Waals surface area contributed by atoms with E-state index in [0.29, 0.717) is 34.8 Å². The number of phenols is 1. The summed E-state index contributed by atoms with van der Waals surface area (Å²) < 4.78 is 25.2. The quantitative estimate of drug-likeness (QED) is 0.611. The lowest BCUT2D eigenvalue weighted by Gasteiger charge is -2.34. The van der Waals surface area contributed by atoms with Crippen molar-refractivity contribution >= 4 is 11.3 Å². The van der Waals surface area contributed by atoms with Crippen LogP contribution < -0.4 is 9.47 Å². The first-order valence-corrected chi connectivity index (χ1v) is 10.6. The topological polar surface area (TPSA) is 106 Å². The van der Waals surface area contributed by atoms with Gasteiger partial charge in [-0.25, -0.2) is 9.37 Å². The van der Waals surface area contributed by atoms with Crippen LogP contribution in [-0.2, 0) is 0 Å². The number of aromatic nitrogens is 5. The zero-order chi connectivity index (χ0) is 22.0. The average molecular weight is 447 g/mol. The van der Waals surface area contributed by atoms with E-state index >= 15 is 0 Å². The molecule has 1 aromatic carbocycles. The number of nitrogens with zero attached hydrogens (tertiary/aromatic N) is 6. The van der Waals surface area contributed by atoms with E-state index in [4.69, 9.17) is 9.47 Å². The van der Waals surface area contributed by atoms with Crippen LogP contribution in [-0.4, -0.2) is 74.7 Å². The minimum Gasteiger partial charge on any atom is -0.507 e. The first-order valence-electron chi connectivity index (χ1n) is 9.82. The molecule has 9 nitrogen and oxygen atoms in total. The molecule has 2 heterocycles. The van der Waals surface area contributed by atoms with Crippen molar-refractivity contribution in [2.75, 3.05) is 21.2 Å². The van der Waals surface area contributed by atoms with Crippen LogP contribution in [0.5, 0.6) is 17.0 Å². The maximum absolute atomic E-state index is 14.4. The SMILES string of the molecule is COc1ncnc(-c2ccc(-c3nnc(O[C@H]4CC(N(C)C)CCC4F)s3)c(O)c2)n1. The summed E-state index contributed by atoms with van der Waals surface area (Å²) >= 11 is 1.17. The first-order chi connectivity index (χ1) is 14.9. The van der Waals surface area contributed by atoms with Gasteiger partial charge in [-0.2, -0.15) is 9.97 Å². The van der Waals surface area contributed by atoms with Gasteiger partial charge in [-0.1, -0.05) is 22.5 Å². The van der Waals surface area contributed by atoms with Gasteiger partial charge in [-0.3, -0.25) is 0 Å². The molecule has 0 aliphatic heterocycles. The second kappa shape index (κ2) is 9.06.